The molecule has 1 saturated heterocycles. The van der Waals surface area contributed by atoms with Gasteiger partial charge in [0.2, 0.25) is 0 Å². The van der Waals surface area contributed by atoms with Crippen LogP contribution in [0.1, 0.15) is 39.5 Å². The van der Waals surface area contributed by atoms with E-state index in [-0.39, 0.29) is 6.61 Å². The van der Waals surface area contributed by atoms with E-state index >= 15 is 0 Å². The summed E-state index contributed by atoms with van der Waals surface area (Å²) in [5.41, 5.74) is 5.82. The molecular formula is C42H43BrO6. The first-order valence-electron chi connectivity index (χ1n) is 16.7. The van der Waals surface area contributed by atoms with Crippen LogP contribution in [0.15, 0.2) is 144 Å². The van der Waals surface area contributed by atoms with Crippen molar-refractivity contribution < 1.29 is 28.8 Å². The van der Waals surface area contributed by atoms with E-state index in [4.69, 9.17) is 23.7 Å². The second-order valence-corrected chi connectivity index (χ2v) is 13.3. The Kier molecular flexibility index (Phi) is 12.8. The molecule has 0 spiro atoms. The Morgan fingerprint density at radius 2 is 1.04 bits per heavy atom. The Morgan fingerprint density at radius 1 is 0.592 bits per heavy atom. The molecule has 1 N–H and O–H groups in total. The number of rotatable bonds is 15. The minimum atomic E-state index is -1.01. The SMILES string of the molecule is Cc1cc(Br)ccc1[C@H](O)[C@H]1O[C@H](COCc2ccccc2)[C@@H](OCc2ccccc2)[C@H](OCc2ccccc2)[C@@H]1OCc1ccccc1. The molecule has 1 aliphatic rings. The highest BCUT2D eigenvalue weighted by molar-refractivity contribution is 9.10. The smallest absolute Gasteiger partial charge is 0.117 e. The van der Waals surface area contributed by atoms with Crippen molar-refractivity contribution in [1.82, 2.24) is 0 Å². The molecule has 0 aromatic heterocycles. The topological polar surface area (TPSA) is 66.4 Å². The molecule has 0 saturated carbocycles. The van der Waals surface area contributed by atoms with Gasteiger partial charge in [-0.1, -0.05) is 143 Å². The van der Waals surface area contributed by atoms with Crippen LogP contribution in [0.25, 0.3) is 0 Å². The summed E-state index contributed by atoms with van der Waals surface area (Å²) in [6, 6.07) is 46.0. The first-order valence-corrected chi connectivity index (χ1v) is 17.5. The summed E-state index contributed by atoms with van der Waals surface area (Å²) in [5, 5.41) is 12.1. The molecular weight excluding hydrogens is 680 g/mol. The molecule has 7 heteroatoms. The number of aliphatic hydroxyl groups is 1. The molecule has 0 amide bonds. The van der Waals surface area contributed by atoms with Gasteiger partial charge in [0.05, 0.1) is 33.0 Å². The number of ether oxygens (including phenoxy) is 5. The van der Waals surface area contributed by atoms with Gasteiger partial charge >= 0.3 is 0 Å². The molecule has 1 aliphatic heterocycles. The first-order chi connectivity index (χ1) is 24.0. The monoisotopic (exact) mass is 722 g/mol. The molecule has 6 rings (SSSR count). The maximum Gasteiger partial charge on any atom is 0.117 e. The molecule has 0 radical (unpaired) electrons. The van der Waals surface area contributed by atoms with Crippen LogP contribution in [0, 0.1) is 6.92 Å². The first kappa shape index (κ1) is 35.2. The number of halogens is 1. The van der Waals surface area contributed by atoms with Gasteiger partial charge < -0.3 is 28.8 Å². The van der Waals surface area contributed by atoms with Gasteiger partial charge in [-0.25, -0.2) is 0 Å². The van der Waals surface area contributed by atoms with Crippen molar-refractivity contribution in [2.45, 2.75) is 70.0 Å². The average molecular weight is 724 g/mol. The lowest BCUT2D eigenvalue weighted by Crippen LogP contribution is -2.62. The van der Waals surface area contributed by atoms with E-state index in [2.05, 4.69) is 15.9 Å². The highest BCUT2D eigenvalue weighted by atomic mass is 79.9. The van der Waals surface area contributed by atoms with Crippen molar-refractivity contribution in [3.05, 3.63) is 177 Å². The van der Waals surface area contributed by atoms with Gasteiger partial charge in [-0.2, -0.15) is 0 Å². The van der Waals surface area contributed by atoms with Gasteiger partial charge in [-0.15, -0.1) is 0 Å². The van der Waals surface area contributed by atoms with E-state index in [1.165, 1.54) is 0 Å². The van der Waals surface area contributed by atoms with Gasteiger partial charge in [-0.05, 0) is 52.4 Å². The van der Waals surface area contributed by atoms with E-state index in [1.807, 2.05) is 146 Å². The van der Waals surface area contributed by atoms with Gasteiger partial charge in [-0.3, -0.25) is 0 Å². The van der Waals surface area contributed by atoms with Crippen molar-refractivity contribution in [3.8, 4) is 0 Å². The van der Waals surface area contributed by atoms with Crippen molar-refractivity contribution in [2.24, 2.45) is 0 Å². The van der Waals surface area contributed by atoms with E-state index in [1.54, 1.807) is 0 Å². The van der Waals surface area contributed by atoms with Gasteiger partial charge in [0, 0.05) is 4.47 Å². The maximum absolute atomic E-state index is 12.1. The van der Waals surface area contributed by atoms with Crippen LogP contribution in [0.3, 0.4) is 0 Å². The Bertz CT molecular complexity index is 1690. The molecule has 0 aliphatic carbocycles. The highest BCUT2D eigenvalue weighted by Gasteiger charge is 2.51. The van der Waals surface area contributed by atoms with Crippen LogP contribution < -0.4 is 0 Å². The summed E-state index contributed by atoms with van der Waals surface area (Å²) in [4.78, 5) is 0. The lowest BCUT2D eigenvalue weighted by molar-refractivity contribution is -0.287. The predicted octanol–water partition coefficient (Wildman–Crippen LogP) is 8.53. The molecule has 6 atom stereocenters. The highest BCUT2D eigenvalue weighted by Crippen LogP contribution is 2.37. The predicted molar refractivity (Wildman–Crippen MR) is 194 cm³/mol. The van der Waals surface area contributed by atoms with Crippen molar-refractivity contribution in [3.63, 3.8) is 0 Å². The molecule has 1 fully saturated rings. The van der Waals surface area contributed by atoms with Gasteiger partial charge in [0.15, 0.2) is 0 Å². The summed E-state index contributed by atoms with van der Waals surface area (Å²) in [7, 11) is 0. The van der Waals surface area contributed by atoms with Crippen LogP contribution >= 0.6 is 15.9 Å². The number of benzene rings is 5. The summed E-state index contributed by atoms with van der Waals surface area (Å²) >= 11 is 3.57. The van der Waals surface area contributed by atoms with Crippen LogP contribution in [-0.2, 0) is 50.1 Å². The minimum Gasteiger partial charge on any atom is -0.386 e. The van der Waals surface area contributed by atoms with Crippen LogP contribution in [0.5, 0.6) is 0 Å². The fourth-order valence-corrected chi connectivity index (χ4v) is 6.70. The number of aryl methyl sites for hydroxylation is 1. The quantitative estimate of drug-likeness (QED) is 0.117. The van der Waals surface area contributed by atoms with Crippen molar-refractivity contribution in [2.75, 3.05) is 6.61 Å². The zero-order valence-corrected chi connectivity index (χ0v) is 29.2. The molecule has 254 valence electrons. The third-order valence-corrected chi connectivity index (χ3v) is 9.27. The van der Waals surface area contributed by atoms with Gasteiger partial charge in [0.1, 0.15) is 36.6 Å². The normalized spacial score (nSPS) is 21.3. The molecule has 1 heterocycles. The Balaban J connectivity index is 1.36. The van der Waals surface area contributed by atoms with E-state index in [9.17, 15) is 5.11 Å². The number of hydrogen-bond donors (Lipinski definition) is 1. The molecule has 49 heavy (non-hydrogen) atoms. The summed E-state index contributed by atoms with van der Waals surface area (Å²) < 4.78 is 34.5. The van der Waals surface area contributed by atoms with Gasteiger partial charge in [0.25, 0.3) is 0 Å². The summed E-state index contributed by atoms with van der Waals surface area (Å²) in [6.07, 6.45) is -4.24. The number of hydrogen-bond acceptors (Lipinski definition) is 6. The number of aliphatic hydroxyl groups excluding tert-OH is 1. The lowest BCUT2D eigenvalue weighted by atomic mass is 9.88. The fraction of sp³-hybridized carbons (Fsp3) is 0.286. The second-order valence-electron chi connectivity index (χ2n) is 12.4. The largest absolute Gasteiger partial charge is 0.386 e. The molecule has 6 nitrogen and oxygen atoms in total. The minimum absolute atomic E-state index is 0.230. The van der Waals surface area contributed by atoms with E-state index < -0.39 is 36.6 Å². The van der Waals surface area contributed by atoms with E-state index in [0.717, 1.165) is 37.9 Å². The van der Waals surface area contributed by atoms with Crippen LogP contribution in [-0.4, -0.2) is 42.2 Å². The van der Waals surface area contributed by atoms with Crippen molar-refractivity contribution >= 4 is 15.9 Å². The lowest BCUT2D eigenvalue weighted by Gasteiger charge is -2.47. The fourth-order valence-electron chi connectivity index (χ4n) is 6.23. The molecule has 5 aromatic rings. The van der Waals surface area contributed by atoms with Crippen LogP contribution in [0.2, 0.25) is 0 Å². The average Bonchev–Trinajstić information content (AvgIpc) is 3.14. The third kappa shape index (κ3) is 9.74. The zero-order valence-electron chi connectivity index (χ0n) is 27.6. The third-order valence-electron chi connectivity index (χ3n) is 8.78. The molecule has 5 aromatic carbocycles. The van der Waals surface area contributed by atoms with E-state index in [0.29, 0.717) is 26.4 Å². The molecule has 0 unspecified atom stereocenters. The second kappa shape index (κ2) is 17.8. The Hall–Kier alpha value is -3.66. The summed E-state index contributed by atoms with van der Waals surface area (Å²) in [6.45, 7) is 3.62. The van der Waals surface area contributed by atoms with Crippen LogP contribution in [0.4, 0.5) is 0 Å². The Labute approximate surface area is 297 Å². The van der Waals surface area contributed by atoms with Crippen molar-refractivity contribution in [1.29, 1.82) is 0 Å². The zero-order chi connectivity index (χ0) is 33.8. The maximum atomic E-state index is 12.1. The Morgan fingerprint density at radius 3 is 1.53 bits per heavy atom. The standard InChI is InChI=1S/C42H43BrO6/c1-30-24-35(43)22-23-36(30)38(44)40-42(48-28-34-20-12-5-13-21-34)41(47-27-33-18-10-4-11-19-33)39(46-26-32-16-8-3-9-17-32)37(49-40)29-45-25-31-14-6-2-7-15-31/h2-24,37-42,44H,25-29H2,1H3/t37-,38+,39-,40-,41+,42-/m1/s1. The summed E-state index contributed by atoms with van der Waals surface area (Å²) in [5.74, 6) is 0. The molecule has 0 bridgehead atoms.